The first-order valence-corrected chi connectivity index (χ1v) is 12.2. The first-order valence-electron chi connectivity index (χ1n) is 10.8. The van der Waals surface area contributed by atoms with Gasteiger partial charge in [-0.1, -0.05) is 57.2 Å². The zero-order valence-electron chi connectivity index (χ0n) is 19.5. The number of carbonyl (C=O) groups is 1. The van der Waals surface area contributed by atoms with E-state index in [2.05, 4.69) is 30.5 Å². The Morgan fingerprint density at radius 1 is 0.853 bits per heavy atom. The minimum atomic E-state index is -4.00. The van der Waals surface area contributed by atoms with Crippen molar-refractivity contribution in [3.8, 4) is 5.75 Å². The Balaban J connectivity index is 1.75. The molecule has 0 fully saturated rings. The van der Waals surface area contributed by atoms with Crippen LogP contribution >= 0.6 is 0 Å². The number of methoxy groups -OCH3 is 1. The van der Waals surface area contributed by atoms with Gasteiger partial charge in [0.05, 0.1) is 23.4 Å². The molecule has 0 amide bonds. The number of ketones is 1. The molecule has 0 atom stereocenters. The molecule has 1 N–H and O–H groups in total. The second-order valence-electron chi connectivity index (χ2n) is 9.01. The number of allylic oxidation sites excluding steroid dienone is 2. The number of benzene rings is 3. The Morgan fingerprint density at radius 3 is 2.06 bits per heavy atom. The number of sulfonamides is 1. The van der Waals surface area contributed by atoms with Gasteiger partial charge in [0, 0.05) is 16.8 Å². The van der Waals surface area contributed by atoms with Gasteiger partial charge < -0.3 is 10.1 Å². The molecule has 174 valence electrons. The van der Waals surface area contributed by atoms with Gasteiger partial charge in [0.25, 0.3) is 10.0 Å². The van der Waals surface area contributed by atoms with Gasteiger partial charge in [-0.05, 0) is 53.5 Å². The summed E-state index contributed by atoms with van der Waals surface area (Å²) in [5.74, 6) is 0.447. The van der Waals surface area contributed by atoms with Crippen LogP contribution in [0.1, 0.15) is 42.3 Å². The first-order chi connectivity index (χ1) is 16.1. The molecule has 0 radical (unpaired) electrons. The third kappa shape index (κ3) is 4.79. The standard InChI is InChI=1S/C27H26N2O4S/c1-27(2,3)18-9-15-21(16-10-18)34(31,32)29-24-17-25(26(30)23-8-6-5-7-22(23)24)28-19-11-13-20(33-4)14-12-19/h5-17,28H,1-4H3. The smallest absolute Gasteiger partial charge is 0.282 e. The normalized spacial score (nSPS) is 15.0. The number of hydrogen-bond acceptors (Lipinski definition) is 5. The number of rotatable bonds is 5. The Bertz CT molecular complexity index is 1400. The van der Waals surface area contributed by atoms with Crippen LogP contribution in [0.4, 0.5) is 5.69 Å². The lowest BCUT2D eigenvalue weighted by Gasteiger charge is -2.19. The van der Waals surface area contributed by atoms with Crippen molar-refractivity contribution < 1.29 is 17.9 Å². The molecule has 3 aromatic carbocycles. The van der Waals surface area contributed by atoms with Crippen LogP contribution in [-0.4, -0.2) is 27.0 Å². The monoisotopic (exact) mass is 474 g/mol. The van der Waals surface area contributed by atoms with Gasteiger partial charge in [0.1, 0.15) is 5.75 Å². The van der Waals surface area contributed by atoms with Gasteiger partial charge in [-0.2, -0.15) is 12.8 Å². The fourth-order valence-corrected chi connectivity index (χ4v) is 4.63. The Kier molecular flexibility index (Phi) is 6.15. The summed E-state index contributed by atoms with van der Waals surface area (Å²) in [5.41, 5.74) is 2.90. The molecule has 1 aliphatic rings. The lowest BCUT2D eigenvalue weighted by molar-refractivity contribution is 0.103. The molecule has 0 unspecified atom stereocenters. The quantitative estimate of drug-likeness (QED) is 0.538. The van der Waals surface area contributed by atoms with E-state index in [4.69, 9.17) is 4.74 Å². The number of nitrogens with zero attached hydrogens (tertiary/aromatic N) is 1. The van der Waals surface area contributed by atoms with Crippen molar-refractivity contribution in [3.05, 3.63) is 101 Å². The van der Waals surface area contributed by atoms with Gasteiger partial charge in [0.15, 0.2) is 0 Å². The van der Waals surface area contributed by atoms with Crippen LogP contribution in [0.25, 0.3) is 0 Å². The largest absolute Gasteiger partial charge is 0.497 e. The van der Waals surface area contributed by atoms with Crippen LogP contribution < -0.4 is 10.1 Å². The van der Waals surface area contributed by atoms with E-state index < -0.39 is 10.0 Å². The zero-order valence-corrected chi connectivity index (χ0v) is 20.3. The number of ether oxygens (including phenoxy) is 1. The Hall–Kier alpha value is -3.71. The number of Topliss-reactive ketones (excluding diaryl/α,β-unsaturated/α-hetero) is 1. The number of hydrogen-bond donors (Lipinski definition) is 1. The number of fused-ring (bicyclic) bond motifs is 1. The predicted octanol–water partition coefficient (Wildman–Crippen LogP) is 5.36. The van der Waals surface area contributed by atoms with E-state index in [-0.39, 0.29) is 27.5 Å². The highest BCUT2D eigenvalue weighted by molar-refractivity contribution is 7.90. The van der Waals surface area contributed by atoms with Crippen LogP contribution in [-0.2, 0) is 15.4 Å². The SMILES string of the molecule is COc1ccc(NC2=CC(=NS(=O)(=O)c3ccc(C(C)(C)C)cc3)c3ccccc3C2=O)cc1. The fraction of sp³-hybridized carbons (Fsp3) is 0.185. The molecular weight excluding hydrogens is 448 g/mol. The molecule has 0 aromatic heterocycles. The summed E-state index contributed by atoms with van der Waals surface area (Å²) in [6, 6.07) is 20.7. The minimum absolute atomic E-state index is 0.0956. The molecule has 0 spiro atoms. The van der Waals surface area contributed by atoms with Crippen LogP contribution in [0.15, 0.2) is 93.9 Å². The van der Waals surface area contributed by atoms with Gasteiger partial charge >= 0.3 is 0 Å². The first kappa shape index (κ1) is 23.4. The third-order valence-electron chi connectivity index (χ3n) is 5.58. The van der Waals surface area contributed by atoms with Crippen LogP contribution in [0.2, 0.25) is 0 Å². The molecule has 0 saturated heterocycles. The lowest BCUT2D eigenvalue weighted by atomic mass is 9.87. The van der Waals surface area contributed by atoms with Crippen molar-refractivity contribution in [2.75, 3.05) is 12.4 Å². The average Bonchev–Trinajstić information content (AvgIpc) is 2.82. The predicted molar refractivity (Wildman–Crippen MR) is 134 cm³/mol. The molecule has 4 rings (SSSR count). The van der Waals surface area contributed by atoms with Crippen LogP contribution in [0, 0.1) is 0 Å². The summed E-state index contributed by atoms with van der Waals surface area (Å²) in [4.78, 5) is 13.2. The zero-order chi connectivity index (χ0) is 24.5. The van der Waals surface area contributed by atoms with E-state index in [1.807, 2.05) is 0 Å². The summed E-state index contributed by atoms with van der Waals surface area (Å²) in [7, 11) is -2.42. The summed E-state index contributed by atoms with van der Waals surface area (Å²) in [6.07, 6.45) is 1.48. The second-order valence-corrected chi connectivity index (χ2v) is 10.6. The average molecular weight is 475 g/mol. The molecule has 34 heavy (non-hydrogen) atoms. The summed E-state index contributed by atoms with van der Waals surface area (Å²) in [5, 5.41) is 3.08. The number of nitrogens with one attached hydrogen (secondary N) is 1. The minimum Gasteiger partial charge on any atom is -0.497 e. The second kappa shape index (κ2) is 8.91. The Morgan fingerprint density at radius 2 is 1.47 bits per heavy atom. The molecule has 0 saturated carbocycles. The van der Waals surface area contributed by atoms with E-state index >= 15 is 0 Å². The van der Waals surface area contributed by atoms with Crippen LogP contribution in [0.3, 0.4) is 0 Å². The highest BCUT2D eigenvalue weighted by Gasteiger charge is 2.26. The van der Waals surface area contributed by atoms with E-state index in [0.29, 0.717) is 22.6 Å². The molecule has 3 aromatic rings. The molecule has 0 aliphatic heterocycles. The topological polar surface area (TPSA) is 84.8 Å². The highest BCUT2D eigenvalue weighted by Crippen LogP contribution is 2.27. The molecule has 0 heterocycles. The van der Waals surface area contributed by atoms with Gasteiger partial charge in [-0.15, -0.1) is 0 Å². The van der Waals surface area contributed by atoms with Crippen molar-refractivity contribution in [1.29, 1.82) is 0 Å². The van der Waals surface area contributed by atoms with Gasteiger partial charge in [-0.25, -0.2) is 0 Å². The van der Waals surface area contributed by atoms with E-state index in [1.54, 1.807) is 79.9 Å². The van der Waals surface area contributed by atoms with Crippen molar-refractivity contribution >= 4 is 27.2 Å². The fourth-order valence-electron chi connectivity index (χ4n) is 3.64. The van der Waals surface area contributed by atoms with E-state index in [0.717, 1.165) is 5.56 Å². The van der Waals surface area contributed by atoms with Gasteiger partial charge in [0.2, 0.25) is 5.78 Å². The molecule has 6 nitrogen and oxygen atoms in total. The van der Waals surface area contributed by atoms with Crippen molar-refractivity contribution in [2.45, 2.75) is 31.1 Å². The number of carbonyl (C=O) groups excluding carboxylic acids is 1. The van der Waals surface area contributed by atoms with E-state index in [1.165, 1.54) is 6.08 Å². The highest BCUT2D eigenvalue weighted by atomic mass is 32.2. The summed E-state index contributed by atoms with van der Waals surface area (Å²) < 4.78 is 35.6. The maximum atomic E-state index is 13.2. The molecule has 1 aliphatic carbocycles. The molecule has 7 heteroatoms. The summed E-state index contributed by atoms with van der Waals surface area (Å²) in [6.45, 7) is 6.19. The van der Waals surface area contributed by atoms with E-state index in [9.17, 15) is 13.2 Å². The van der Waals surface area contributed by atoms with Gasteiger partial charge in [-0.3, -0.25) is 4.79 Å². The van der Waals surface area contributed by atoms with Crippen LogP contribution in [0.5, 0.6) is 5.75 Å². The molecular formula is C27H26N2O4S. The third-order valence-corrected chi connectivity index (χ3v) is 6.88. The maximum Gasteiger partial charge on any atom is 0.282 e. The summed E-state index contributed by atoms with van der Waals surface area (Å²) >= 11 is 0. The van der Waals surface area contributed by atoms with Crippen molar-refractivity contribution in [2.24, 2.45) is 4.40 Å². The Labute approximate surface area is 200 Å². The van der Waals surface area contributed by atoms with Crippen molar-refractivity contribution in [3.63, 3.8) is 0 Å². The maximum absolute atomic E-state index is 13.2. The lowest BCUT2D eigenvalue weighted by Crippen LogP contribution is -2.22. The number of anilines is 1. The van der Waals surface area contributed by atoms with Crippen molar-refractivity contribution in [1.82, 2.24) is 0 Å². The molecule has 0 bridgehead atoms.